The maximum Gasteiger partial charge on any atom is 0.329 e. The van der Waals surface area contributed by atoms with Gasteiger partial charge in [0.15, 0.2) is 0 Å². The van der Waals surface area contributed by atoms with Crippen molar-refractivity contribution < 1.29 is 9.90 Å². The highest BCUT2D eigenvalue weighted by molar-refractivity contribution is 5.74. The Kier molecular flexibility index (Phi) is 5.60. The van der Waals surface area contributed by atoms with Crippen LogP contribution in [0.4, 0.5) is 4.79 Å². The van der Waals surface area contributed by atoms with Gasteiger partial charge in [0.2, 0.25) is 0 Å². The van der Waals surface area contributed by atoms with Crippen LogP contribution in [0.1, 0.15) is 40.4 Å². The quantitative estimate of drug-likeness (QED) is 0.619. The molecule has 1 fully saturated rings. The van der Waals surface area contributed by atoms with Crippen molar-refractivity contribution in [2.45, 2.75) is 25.1 Å². The molecule has 0 bridgehead atoms. The fraction of sp³-hybridized carbons (Fsp3) is 0.208. The molecule has 2 amide bonds. The molecule has 3 unspecified atom stereocenters. The van der Waals surface area contributed by atoms with Crippen LogP contribution in [-0.4, -0.2) is 22.7 Å². The first-order valence-electron chi connectivity index (χ1n) is 9.80. The van der Waals surface area contributed by atoms with Crippen molar-refractivity contribution in [2.24, 2.45) is 0 Å². The van der Waals surface area contributed by atoms with Gasteiger partial charge in [0.25, 0.3) is 0 Å². The Morgan fingerprint density at radius 2 is 1.48 bits per heavy atom. The lowest BCUT2D eigenvalue weighted by molar-refractivity contribution is 0.00832. The van der Waals surface area contributed by atoms with E-state index in [-0.39, 0.29) is 12.1 Å². The number of urea groups is 1. The van der Waals surface area contributed by atoms with Gasteiger partial charge in [0.1, 0.15) is 6.10 Å². The Morgan fingerprint density at radius 3 is 2.10 bits per heavy atom. The van der Waals surface area contributed by atoms with Crippen LogP contribution in [-0.2, 0) is 0 Å². The first-order chi connectivity index (χ1) is 14.1. The normalized spacial score (nSPS) is 19.1. The number of benzene rings is 3. The minimum atomic E-state index is -0.796. The van der Waals surface area contributed by atoms with Crippen LogP contribution >= 0.6 is 0 Å². The third-order valence-electron chi connectivity index (χ3n) is 5.33. The summed E-state index contributed by atoms with van der Waals surface area (Å²) in [5.41, 5.74) is 6.86. The monoisotopic (exact) mass is 387 g/mol. The van der Waals surface area contributed by atoms with E-state index in [1.807, 2.05) is 96.9 Å². The van der Waals surface area contributed by atoms with Gasteiger partial charge in [0, 0.05) is 6.54 Å². The standard InChI is InChI=1S/C24H25N3O2/c1-17-12-14-18(15-13-17)21-16-27(26-24(29)25-21)22(19-8-4-2-5-9-19)23(28)20-10-6-3-7-11-20/h2-15,21-23,28H,16H2,1H3,(H2,25,26,29). The number of nitrogens with one attached hydrogen (secondary N) is 2. The fourth-order valence-corrected chi connectivity index (χ4v) is 3.79. The molecule has 0 radical (unpaired) electrons. The average molecular weight is 387 g/mol. The molecular weight excluding hydrogens is 362 g/mol. The maximum absolute atomic E-state index is 12.5. The smallest absolute Gasteiger partial charge is 0.329 e. The summed E-state index contributed by atoms with van der Waals surface area (Å²) in [4.78, 5) is 12.5. The van der Waals surface area contributed by atoms with E-state index in [4.69, 9.17) is 0 Å². The Morgan fingerprint density at radius 1 is 0.897 bits per heavy atom. The molecule has 0 aliphatic carbocycles. The van der Waals surface area contributed by atoms with Crippen LogP contribution in [0.3, 0.4) is 0 Å². The summed E-state index contributed by atoms with van der Waals surface area (Å²) in [5, 5.41) is 16.1. The molecule has 1 aliphatic heterocycles. The van der Waals surface area contributed by atoms with E-state index in [9.17, 15) is 9.90 Å². The number of carbonyl (C=O) groups excluding carboxylic acids is 1. The number of nitrogens with zero attached hydrogens (tertiary/aromatic N) is 1. The predicted molar refractivity (Wildman–Crippen MR) is 113 cm³/mol. The first kappa shape index (κ1) is 19.2. The van der Waals surface area contributed by atoms with Crippen LogP contribution in [0, 0.1) is 6.92 Å². The van der Waals surface area contributed by atoms with Crippen LogP contribution in [0.5, 0.6) is 0 Å². The largest absolute Gasteiger partial charge is 0.386 e. The number of rotatable bonds is 5. The van der Waals surface area contributed by atoms with Gasteiger partial charge in [-0.3, -0.25) is 5.43 Å². The summed E-state index contributed by atoms with van der Waals surface area (Å²) in [6.45, 7) is 2.57. The number of hydrazine groups is 1. The molecule has 1 heterocycles. The van der Waals surface area contributed by atoms with Crippen LogP contribution in [0.25, 0.3) is 0 Å². The molecule has 5 nitrogen and oxygen atoms in total. The molecule has 4 rings (SSSR count). The van der Waals surface area contributed by atoms with E-state index in [1.54, 1.807) is 0 Å². The second kappa shape index (κ2) is 8.47. The number of hydrogen-bond acceptors (Lipinski definition) is 3. The van der Waals surface area contributed by atoms with Crippen molar-refractivity contribution in [3.8, 4) is 0 Å². The topological polar surface area (TPSA) is 64.6 Å². The maximum atomic E-state index is 12.5. The summed E-state index contributed by atoms with van der Waals surface area (Å²) in [6.07, 6.45) is -0.796. The molecule has 3 atom stereocenters. The molecule has 1 saturated heterocycles. The van der Waals surface area contributed by atoms with Crippen LogP contribution in [0.2, 0.25) is 0 Å². The number of carbonyl (C=O) groups is 1. The van der Waals surface area contributed by atoms with Crippen LogP contribution < -0.4 is 10.7 Å². The Bertz CT molecular complexity index is 945. The van der Waals surface area contributed by atoms with E-state index in [0.717, 1.165) is 16.7 Å². The Balaban J connectivity index is 1.67. The number of hydrogen-bond donors (Lipinski definition) is 3. The van der Waals surface area contributed by atoms with Crippen molar-refractivity contribution in [3.63, 3.8) is 0 Å². The third-order valence-corrected chi connectivity index (χ3v) is 5.33. The van der Waals surface area contributed by atoms with E-state index in [2.05, 4.69) is 10.7 Å². The van der Waals surface area contributed by atoms with E-state index < -0.39 is 12.1 Å². The second-order valence-electron chi connectivity index (χ2n) is 7.41. The molecule has 3 aromatic rings. The van der Waals surface area contributed by atoms with Crippen molar-refractivity contribution in [1.82, 2.24) is 15.8 Å². The minimum absolute atomic E-state index is 0.168. The third kappa shape index (κ3) is 4.31. The minimum Gasteiger partial charge on any atom is -0.386 e. The molecule has 29 heavy (non-hydrogen) atoms. The molecule has 0 saturated carbocycles. The van der Waals surface area contributed by atoms with E-state index >= 15 is 0 Å². The Hall–Kier alpha value is -3.15. The fourth-order valence-electron chi connectivity index (χ4n) is 3.79. The molecule has 3 aromatic carbocycles. The predicted octanol–water partition coefficient (Wildman–Crippen LogP) is 4.04. The van der Waals surface area contributed by atoms with E-state index in [1.165, 1.54) is 5.56 Å². The lowest BCUT2D eigenvalue weighted by Crippen LogP contribution is -2.58. The average Bonchev–Trinajstić information content (AvgIpc) is 2.75. The molecular formula is C24H25N3O2. The van der Waals surface area contributed by atoms with Gasteiger partial charge in [-0.15, -0.1) is 0 Å². The summed E-state index contributed by atoms with van der Waals surface area (Å²) < 4.78 is 0. The number of amides is 2. The lowest BCUT2D eigenvalue weighted by Gasteiger charge is -2.41. The number of aliphatic hydroxyl groups is 1. The summed E-state index contributed by atoms with van der Waals surface area (Å²) in [7, 11) is 0. The van der Waals surface area contributed by atoms with E-state index in [0.29, 0.717) is 6.54 Å². The van der Waals surface area contributed by atoms with Gasteiger partial charge in [-0.1, -0.05) is 90.5 Å². The van der Waals surface area contributed by atoms with Crippen molar-refractivity contribution in [3.05, 3.63) is 107 Å². The lowest BCUT2D eigenvalue weighted by atomic mass is 9.94. The van der Waals surface area contributed by atoms with Gasteiger partial charge in [0.05, 0.1) is 12.1 Å². The van der Waals surface area contributed by atoms with Gasteiger partial charge in [-0.25, -0.2) is 9.80 Å². The highest BCUT2D eigenvalue weighted by atomic mass is 16.3. The van der Waals surface area contributed by atoms with Crippen LogP contribution in [0.15, 0.2) is 84.9 Å². The Labute approximate surface area is 171 Å². The van der Waals surface area contributed by atoms with Gasteiger partial charge in [-0.05, 0) is 23.6 Å². The molecule has 5 heteroatoms. The molecule has 0 spiro atoms. The molecule has 3 N–H and O–H groups in total. The van der Waals surface area contributed by atoms with Gasteiger partial charge >= 0.3 is 6.03 Å². The molecule has 0 aromatic heterocycles. The SMILES string of the molecule is Cc1ccc(C2CN(C(c3ccccc3)C(O)c3ccccc3)NC(=O)N2)cc1. The van der Waals surface area contributed by atoms with Crippen molar-refractivity contribution in [1.29, 1.82) is 0 Å². The highest BCUT2D eigenvalue weighted by Gasteiger charge is 2.35. The summed E-state index contributed by atoms with van der Waals surface area (Å²) in [6, 6.07) is 26.6. The summed E-state index contributed by atoms with van der Waals surface area (Å²) >= 11 is 0. The molecule has 1 aliphatic rings. The molecule has 148 valence electrons. The zero-order valence-electron chi connectivity index (χ0n) is 16.3. The van der Waals surface area contributed by atoms with Crippen molar-refractivity contribution in [2.75, 3.05) is 6.54 Å². The number of aryl methyl sites for hydroxylation is 1. The van der Waals surface area contributed by atoms with Gasteiger partial charge < -0.3 is 10.4 Å². The zero-order valence-corrected chi connectivity index (χ0v) is 16.3. The zero-order chi connectivity index (χ0) is 20.2. The van der Waals surface area contributed by atoms with Gasteiger partial charge in [-0.2, -0.15) is 0 Å². The number of aliphatic hydroxyl groups excluding tert-OH is 1. The first-order valence-corrected chi connectivity index (χ1v) is 9.80. The van der Waals surface area contributed by atoms with Crippen molar-refractivity contribution >= 4 is 6.03 Å². The highest BCUT2D eigenvalue weighted by Crippen LogP contribution is 2.35. The summed E-state index contributed by atoms with van der Waals surface area (Å²) in [5.74, 6) is 0. The second-order valence-corrected chi connectivity index (χ2v) is 7.41.